The molecule has 0 aliphatic rings. The van der Waals surface area contributed by atoms with Crippen LogP contribution in [0.15, 0.2) is 59.4 Å². The number of aromatic amines is 1. The SMILES string of the molecule is O=c1[nH]c2ccccc2cc1-c1ccc(F)cc1. The summed E-state index contributed by atoms with van der Waals surface area (Å²) in [5.41, 5.74) is 1.89. The van der Waals surface area contributed by atoms with Gasteiger partial charge >= 0.3 is 0 Å². The molecule has 2 aromatic carbocycles. The number of pyridine rings is 1. The lowest BCUT2D eigenvalue weighted by atomic mass is 10.1. The van der Waals surface area contributed by atoms with Gasteiger partial charge in [0.2, 0.25) is 0 Å². The minimum Gasteiger partial charge on any atom is -0.321 e. The molecule has 0 amide bonds. The van der Waals surface area contributed by atoms with E-state index in [9.17, 15) is 9.18 Å². The molecule has 0 unspecified atom stereocenters. The van der Waals surface area contributed by atoms with Gasteiger partial charge < -0.3 is 4.98 Å². The summed E-state index contributed by atoms with van der Waals surface area (Å²) >= 11 is 0. The molecule has 88 valence electrons. The van der Waals surface area contributed by atoms with Gasteiger partial charge in [-0.15, -0.1) is 0 Å². The molecule has 0 aliphatic carbocycles. The summed E-state index contributed by atoms with van der Waals surface area (Å²) < 4.78 is 12.9. The van der Waals surface area contributed by atoms with Crippen molar-refractivity contribution in [1.29, 1.82) is 0 Å². The molecule has 0 saturated heterocycles. The third-order valence-electron chi connectivity index (χ3n) is 2.91. The fourth-order valence-electron chi connectivity index (χ4n) is 1.99. The second-order valence-electron chi connectivity index (χ2n) is 4.11. The monoisotopic (exact) mass is 239 g/mol. The zero-order valence-electron chi connectivity index (χ0n) is 9.48. The summed E-state index contributed by atoms with van der Waals surface area (Å²) in [6.45, 7) is 0. The van der Waals surface area contributed by atoms with Crippen LogP contribution in [0.25, 0.3) is 22.0 Å². The Morgan fingerprint density at radius 2 is 1.67 bits per heavy atom. The molecule has 0 radical (unpaired) electrons. The fourth-order valence-corrected chi connectivity index (χ4v) is 1.99. The van der Waals surface area contributed by atoms with E-state index < -0.39 is 0 Å². The minimum atomic E-state index is -0.309. The molecule has 0 aliphatic heterocycles. The lowest BCUT2D eigenvalue weighted by Crippen LogP contribution is -2.08. The lowest BCUT2D eigenvalue weighted by molar-refractivity contribution is 0.628. The van der Waals surface area contributed by atoms with E-state index in [1.165, 1.54) is 12.1 Å². The first kappa shape index (κ1) is 10.7. The Morgan fingerprint density at radius 1 is 0.944 bits per heavy atom. The number of hydrogen-bond acceptors (Lipinski definition) is 1. The first-order valence-electron chi connectivity index (χ1n) is 5.62. The number of hydrogen-bond donors (Lipinski definition) is 1. The molecule has 0 fully saturated rings. The Morgan fingerprint density at radius 3 is 2.44 bits per heavy atom. The third kappa shape index (κ3) is 1.80. The van der Waals surface area contributed by atoms with Gasteiger partial charge in [0.25, 0.3) is 5.56 Å². The van der Waals surface area contributed by atoms with Crippen molar-refractivity contribution in [3.63, 3.8) is 0 Å². The molecule has 2 nitrogen and oxygen atoms in total. The third-order valence-corrected chi connectivity index (χ3v) is 2.91. The minimum absolute atomic E-state index is 0.166. The number of H-pyrrole nitrogens is 1. The lowest BCUT2D eigenvalue weighted by Gasteiger charge is -2.03. The summed E-state index contributed by atoms with van der Waals surface area (Å²) in [5, 5.41) is 0.955. The quantitative estimate of drug-likeness (QED) is 0.694. The Kier molecular flexibility index (Phi) is 2.45. The molecule has 3 rings (SSSR count). The molecule has 18 heavy (non-hydrogen) atoms. The van der Waals surface area contributed by atoms with Crippen LogP contribution in [0, 0.1) is 5.82 Å². The Labute approximate surface area is 103 Å². The van der Waals surface area contributed by atoms with Crippen LogP contribution >= 0.6 is 0 Å². The van der Waals surface area contributed by atoms with Gasteiger partial charge in [-0.3, -0.25) is 4.79 Å². The van der Waals surface area contributed by atoms with Crippen molar-refractivity contribution in [2.24, 2.45) is 0 Å². The number of para-hydroxylation sites is 1. The second-order valence-corrected chi connectivity index (χ2v) is 4.11. The van der Waals surface area contributed by atoms with Gasteiger partial charge in [0.1, 0.15) is 5.82 Å². The summed E-state index contributed by atoms with van der Waals surface area (Å²) in [5.74, 6) is -0.309. The molecule has 0 spiro atoms. The maximum absolute atomic E-state index is 12.9. The predicted octanol–water partition coefficient (Wildman–Crippen LogP) is 3.33. The number of nitrogens with one attached hydrogen (secondary N) is 1. The summed E-state index contributed by atoms with van der Waals surface area (Å²) in [6.07, 6.45) is 0. The van der Waals surface area contributed by atoms with Crippen molar-refractivity contribution in [1.82, 2.24) is 4.98 Å². The largest absolute Gasteiger partial charge is 0.321 e. The standard InChI is InChI=1S/C15H10FNO/c16-12-7-5-10(6-8-12)13-9-11-3-1-2-4-14(11)17-15(13)18/h1-9H,(H,17,18). The van der Waals surface area contributed by atoms with Crippen LogP contribution in [0.1, 0.15) is 0 Å². The Balaban J connectivity index is 2.26. The smallest absolute Gasteiger partial charge is 0.256 e. The maximum atomic E-state index is 12.9. The van der Waals surface area contributed by atoms with E-state index in [2.05, 4.69) is 4.98 Å². The van der Waals surface area contributed by atoms with E-state index in [4.69, 9.17) is 0 Å². The van der Waals surface area contributed by atoms with Crippen LogP contribution in [-0.4, -0.2) is 4.98 Å². The van der Waals surface area contributed by atoms with Gasteiger partial charge in [0, 0.05) is 11.1 Å². The Hall–Kier alpha value is -2.42. The predicted molar refractivity (Wildman–Crippen MR) is 70.0 cm³/mol. The highest BCUT2D eigenvalue weighted by Crippen LogP contribution is 2.19. The number of aromatic nitrogens is 1. The average Bonchev–Trinajstić information content (AvgIpc) is 2.39. The summed E-state index contributed by atoms with van der Waals surface area (Å²) in [4.78, 5) is 14.8. The van der Waals surface area contributed by atoms with Gasteiger partial charge in [-0.25, -0.2) is 4.39 Å². The van der Waals surface area contributed by atoms with E-state index in [1.807, 2.05) is 30.3 Å². The molecular formula is C15H10FNO. The number of rotatable bonds is 1. The topological polar surface area (TPSA) is 32.9 Å². The highest BCUT2D eigenvalue weighted by Gasteiger charge is 2.05. The van der Waals surface area contributed by atoms with Crippen molar-refractivity contribution < 1.29 is 4.39 Å². The maximum Gasteiger partial charge on any atom is 0.256 e. The van der Waals surface area contributed by atoms with Gasteiger partial charge in [0.05, 0.1) is 0 Å². The van der Waals surface area contributed by atoms with Crippen molar-refractivity contribution in [3.8, 4) is 11.1 Å². The Bertz CT molecular complexity index is 759. The molecule has 1 heterocycles. The molecule has 0 bridgehead atoms. The van der Waals surface area contributed by atoms with Gasteiger partial charge in [0.15, 0.2) is 0 Å². The molecule has 3 heteroatoms. The number of benzene rings is 2. The highest BCUT2D eigenvalue weighted by molar-refractivity contribution is 5.83. The van der Waals surface area contributed by atoms with E-state index in [0.717, 1.165) is 10.9 Å². The van der Waals surface area contributed by atoms with Crippen LogP contribution in [0.2, 0.25) is 0 Å². The van der Waals surface area contributed by atoms with Gasteiger partial charge in [-0.1, -0.05) is 30.3 Å². The average molecular weight is 239 g/mol. The van der Waals surface area contributed by atoms with Gasteiger partial charge in [-0.05, 0) is 35.2 Å². The van der Waals surface area contributed by atoms with Crippen molar-refractivity contribution in [2.75, 3.05) is 0 Å². The first-order valence-corrected chi connectivity index (χ1v) is 5.62. The summed E-state index contributed by atoms with van der Waals surface area (Å²) in [6, 6.07) is 15.3. The molecule has 3 aromatic rings. The van der Waals surface area contributed by atoms with Crippen molar-refractivity contribution in [2.45, 2.75) is 0 Å². The molecule has 1 aromatic heterocycles. The van der Waals surface area contributed by atoms with Crippen molar-refractivity contribution in [3.05, 3.63) is 70.8 Å². The zero-order chi connectivity index (χ0) is 12.5. The van der Waals surface area contributed by atoms with Crippen LogP contribution in [-0.2, 0) is 0 Å². The van der Waals surface area contributed by atoms with Crippen molar-refractivity contribution >= 4 is 10.9 Å². The summed E-state index contributed by atoms with van der Waals surface area (Å²) in [7, 11) is 0. The van der Waals surface area contributed by atoms with E-state index in [1.54, 1.807) is 12.1 Å². The number of halogens is 1. The molecule has 1 N–H and O–H groups in total. The van der Waals surface area contributed by atoms with E-state index >= 15 is 0 Å². The zero-order valence-corrected chi connectivity index (χ0v) is 9.48. The van der Waals surface area contributed by atoms with Crippen LogP contribution < -0.4 is 5.56 Å². The van der Waals surface area contributed by atoms with Gasteiger partial charge in [-0.2, -0.15) is 0 Å². The van der Waals surface area contributed by atoms with Crippen LogP contribution in [0.4, 0.5) is 4.39 Å². The molecule has 0 atom stereocenters. The van der Waals surface area contributed by atoms with E-state index in [-0.39, 0.29) is 11.4 Å². The highest BCUT2D eigenvalue weighted by atomic mass is 19.1. The molecular weight excluding hydrogens is 229 g/mol. The number of fused-ring (bicyclic) bond motifs is 1. The first-order chi connectivity index (χ1) is 8.74. The van der Waals surface area contributed by atoms with Crippen LogP contribution in [0.5, 0.6) is 0 Å². The second kappa shape index (κ2) is 4.11. The normalized spacial score (nSPS) is 10.7. The van der Waals surface area contributed by atoms with E-state index in [0.29, 0.717) is 11.1 Å². The van der Waals surface area contributed by atoms with Crippen LogP contribution in [0.3, 0.4) is 0 Å². The fraction of sp³-hybridized carbons (Fsp3) is 0. The molecule has 0 saturated carbocycles.